The second-order valence-corrected chi connectivity index (χ2v) is 6.77. The summed E-state index contributed by atoms with van der Waals surface area (Å²) in [6, 6.07) is 12.0. The quantitative estimate of drug-likeness (QED) is 0.263. The minimum atomic E-state index is -0.381. The lowest BCUT2D eigenvalue weighted by Crippen LogP contribution is -2.13. The van der Waals surface area contributed by atoms with Gasteiger partial charge in [0, 0.05) is 19.7 Å². The van der Waals surface area contributed by atoms with E-state index in [0.717, 1.165) is 0 Å². The number of aryl methyl sites for hydroxylation is 1. The Bertz CT molecular complexity index is 1350. The van der Waals surface area contributed by atoms with Crippen LogP contribution in [0.15, 0.2) is 63.8 Å². The molecule has 11 nitrogen and oxygen atoms in total. The second kappa shape index (κ2) is 10.2. The van der Waals surface area contributed by atoms with Gasteiger partial charge in [-0.05, 0) is 42.5 Å². The van der Waals surface area contributed by atoms with Crippen LogP contribution in [0, 0.1) is 0 Å². The number of hydrogen-bond acceptors (Lipinski definition) is 8. The molecule has 0 atom stereocenters. The molecular weight excluding hydrogens is 422 g/mol. The van der Waals surface area contributed by atoms with Gasteiger partial charge >= 0.3 is 0 Å². The molecule has 1 amide bonds. The Hall–Kier alpha value is -4.54. The Balaban J connectivity index is 0.00000149. The van der Waals surface area contributed by atoms with Crippen LogP contribution in [-0.2, 0) is 11.8 Å². The van der Waals surface area contributed by atoms with Gasteiger partial charge in [0.25, 0.3) is 5.56 Å². The predicted octanol–water partition coefficient (Wildman–Crippen LogP) is 4.38. The van der Waals surface area contributed by atoms with E-state index in [2.05, 4.69) is 35.8 Å². The molecular formula is C22H25N9O2. The molecule has 0 aliphatic rings. The predicted molar refractivity (Wildman–Crippen MR) is 130 cm³/mol. The number of anilines is 4. The number of fused-ring (bicyclic) bond motifs is 1. The molecule has 0 saturated carbocycles. The first-order chi connectivity index (χ1) is 15.9. The van der Waals surface area contributed by atoms with Gasteiger partial charge in [0.15, 0.2) is 11.2 Å². The lowest BCUT2D eigenvalue weighted by atomic mass is 10.2. The van der Waals surface area contributed by atoms with Gasteiger partial charge in [-0.3, -0.25) is 14.6 Å². The zero-order valence-electron chi connectivity index (χ0n) is 18.7. The Morgan fingerprint density at radius 1 is 1.06 bits per heavy atom. The fraction of sp³-hybridized carbons (Fsp3) is 0.182. The number of carbonyl (C=O) groups excluding carboxylic acids is 1. The summed E-state index contributed by atoms with van der Waals surface area (Å²) in [5.41, 5.74) is 8.73. The number of azo groups is 1. The smallest absolute Gasteiger partial charge is 0.280 e. The topological polar surface area (TPSA) is 155 Å². The average molecular weight is 448 g/mol. The summed E-state index contributed by atoms with van der Waals surface area (Å²) in [6.45, 7) is 5.40. The van der Waals surface area contributed by atoms with E-state index in [1.54, 1.807) is 54.1 Å². The Morgan fingerprint density at radius 3 is 2.42 bits per heavy atom. The maximum Gasteiger partial charge on any atom is 0.280 e. The largest absolute Gasteiger partial charge is 0.399 e. The molecule has 0 fully saturated rings. The lowest BCUT2D eigenvalue weighted by molar-refractivity contribution is -0.114. The van der Waals surface area contributed by atoms with E-state index in [9.17, 15) is 9.59 Å². The van der Waals surface area contributed by atoms with Crippen molar-refractivity contribution in [2.45, 2.75) is 20.8 Å². The summed E-state index contributed by atoms with van der Waals surface area (Å²) in [6.07, 6.45) is 1.51. The van der Waals surface area contributed by atoms with Crippen molar-refractivity contribution >= 4 is 51.5 Å². The van der Waals surface area contributed by atoms with Crippen LogP contribution in [0.25, 0.3) is 11.2 Å². The Morgan fingerprint density at radius 2 is 1.73 bits per heavy atom. The van der Waals surface area contributed by atoms with Crippen LogP contribution in [0.4, 0.5) is 34.4 Å². The van der Waals surface area contributed by atoms with Crippen LogP contribution in [0.5, 0.6) is 0 Å². The average Bonchev–Trinajstić information content (AvgIpc) is 3.17. The van der Waals surface area contributed by atoms with Crippen molar-refractivity contribution in [3.8, 4) is 0 Å². The van der Waals surface area contributed by atoms with Crippen molar-refractivity contribution in [3.05, 3.63) is 59.1 Å². The number of hydrogen-bond donors (Lipinski definition) is 4. The van der Waals surface area contributed by atoms with E-state index < -0.39 is 0 Å². The number of nitrogens with zero attached hydrogens (tertiary/aromatic N) is 5. The molecule has 170 valence electrons. The molecule has 0 radical (unpaired) electrons. The van der Waals surface area contributed by atoms with Gasteiger partial charge in [-0.15, -0.1) is 0 Å². The van der Waals surface area contributed by atoms with E-state index in [4.69, 9.17) is 5.73 Å². The van der Waals surface area contributed by atoms with E-state index in [1.807, 2.05) is 13.8 Å². The summed E-state index contributed by atoms with van der Waals surface area (Å²) >= 11 is 0. The lowest BCUT2D eigenvalue weighted by Gasteiger charge is -2.12. The van der Waals surface area contributed by atoms with Crippen molar-refractivity contribution < 1.29 is 4.79 Å². The fourth-order valence-electron chi connectivity index (χ4n) is 2.86. The van der Waals surface area contributed by atoms with Crippen molar-refractivity contribution in [1.82, 2.24) is 19.5 Å². The molecule has 4 aromatic rings. The number of amides is 1. The van der Waals surface area contributed by atoms with Crippen molar-refractivity contribution in [3.63, 3.8) is 0 Å². The highest BCUT2D eigenvalue weighted by molar-refractivity contribution is 5.93. The van der Waals surface area contributed by atoms with Crippen LogP contribution in [0.3, 0.4) is 0 Å². The van der Waals surface area contributed by atoms with Gasteiger partial charge in [0.1, 0.15) is 0 Å². The summed E-state index contributed by atoms with van der Waals surface area (Å²) in [5, 5.41) is 14.2. The molecule has 0 bridgehead atoms. The number of nitrogens with one attached hydrogen (secondary N) is 3. The molecule has 0 saturated heterocycles. The van der Waals surface area contributed by atoms with Crippen LogP contribution < -0.4 is 21.9 Å². The van der Waals surface area contributed by atoms with Gasteiger partial charge in [-0.2, -0.15) is 15.2 Å². The van der Waals surface area contributed by atoms with Crippen LogP contribution in [0.1, 0.15) is 20.8 Å². The third-order valence-corrected chi connectivity index (χ3v) is 4.31. The van der Waals surface area contributed by atoms with Gasteiger partial charge < -0.3 is 20.9 Å². The molecule has 0 unspecified atom stereocenters. The number of aromatic amines is 1. The second-order valence-electron chi connectivity index (χ2n) is 6.77. The summed E-state index contributed by atoms with van der Waals surface area (Å²) < 4.78 is 1.64. The number of benzene rings is 2. The third kappa shape index (κ3) is 5.58. The Labute approximate surface area is 189 Å². The van der Waals surface area contributed by atoms with Crippen molar-refractivity contribution in [2.24, 2.45) is 17.3 Å². The number of carbonyl (C=O) groups is 1. The van der Waals surface area contributed by atoms with E-state index in [1.165, 1.54) is 13.3 Å². The van der Waals surface area contributed by atoms with Crippen molar-refractivity contribution in [1.29, 1.82) is 0 Å². The molecule has 4 rings (SSSR count). The first-order valence-electron chi connectivity index (χ1n) is 10.3. The molecule has 0 aliphatic carbocycles. The first kappa shape index (κ1) is 23.1. The monoisotopic (exact) mass is 447 g/mol. The number of imidazole rings is 1. The normalized spacial score (nSPS) is 10.7. The standard InChI is InChI=1S/C20H19N9O2.C2H6/c1-11(30)23-15-8-7-14(28-27-13-5-3-12(21)4-6-13)9-16(15)24-20-25-18-17(19(31)26-20)22-10-29(18)2;1-2/h3-10H,21H2,1-2H3,(H,23,30)(H2,24,25,26,31);1-2H3. The highest BCUT2D eigenvalue weighted by atomic mass is 16.1. The maximum atomic E-state index is 12.3. The summed E-state index contributed by atoms with van der Waals surface area (Å²) in [5.74, 6) is -0.0526. The molecule has 11 heteroatoms. The number of nitrogen functional groups attached to an aromatic ring is 1. The van der Waals surface area contributed by atoms with Gasteiger partial charge in [0.05, 0.1) is 29.1 Å². The zero-order chi connectivity index (χ0) is 24.0. The molecule has 2 aromatic heterocycles. The molecule has 5 N–H and O–H groups in total. The zero-order valence-corrected chi connectivity index (χ0v) is 18.7. The molecule has 0 spiro atoms. The fourth-order valence-corrected chi connectivity index (χ4v) is 2.86. The number of H-pyrrole nitrogens is 1. The molecule has 33 heavy (non-hydrogen) atoms. The van der Waals surface area contributed by atoms with E-state index in [0.29, 0.717) is 34.1 Å². The number of nitrogens with two attached hydrogens (primary N) is 1. The number of rotatable bonds is 5. The van der Waals surface area contributed by atoms with E-state index >= 15 is 0 Å². The van der Waals surface area contributed by atoms with Crippen molar-refractivity contribution in [2.75, 3.05) is 16.4 Å². The summed E-state index contributed by atoms with van der Waals surface area (Å²) in [4.78, 5) is 35.0. The SMILES string of the molecule is CC.CC(=O)Nc1ccc(N=Nc2ccc(N)cc2)cc1Nc1nc2c(ncn2C)c(=O)[nH]1. The minimum absolute atomic E-state index is 0.195. The Kier molecular flexibility index (Phi) is 7.13. The minimum Gasteiger partial charge on any atom is -0.399 e. The maximum absolute atomic E-state index is 12.3. The van der Waals surface area contributed by atoms with Crippen LogP contribution >= 0.6 is 0 Å². The molecule has 2 heterocycles. The third-order valence-electron chi connectivity index (χ3n) is 4.31. The van der Waals surface area contributed by atoms with Gasteiger partial charge in [-0.1, -0.05) is 13.8 Å². The van der Waals surface area contributed by atoms with Gasteiger partial charge in [0.2, 0.25) is 11.9 Å². The molecule has 2 aromatic carbocycles. The van der Waals surface area contributed by atoms with Gasteiger partial charge in [-0.25, -0.2) is 4.98 Å². The highest BCUT2D eigenvalue weighted by Crippen LogP contribution is 2.30. The van der Waals surface area contributed by atoms with Crippen LogP contribution in [-0.4, -0.2) is 25.4 Å². The summed E-state index contributed by atoms with van der Waals surface area (Å²) in [7, 11) is 1.74. The molecule has 0 aliphatic heterocycles. The highest BCUT2D eigenvalue weighted by Gasteiger charge is 2.11. The van der Waals surface area contributed by atoms with Crippen LogP contribution in [0.2, 0.25) is 0 Å². The first-order valence-corrected chi connectivity index (χ1v) is 10.3. The number of aromatic nitrogens is 4. The van der Waals surface area contributed by atoms with E-state index in [-0.39, 0.29) is 22.9 Å².